The summed E-state index contributed by atoms with van der Waals surface area (Å²) in [7, 11) is 0. The molecule has 0 fully saturated rings. The van der Waals surface area contributed by atoms with Gasteiger partial charge >= 0.3 is 6.21 Å². The molecule has 0 N–H and O–H groups in total. The van der Waals surface area contributed by atoms with Gasteiger partial charge in [0.2, 0.25) is 0 Å². The SMILES string of the molecule is [N-]=[N+]=CC(=O)Cn1cccc1. The van der Waals surface area contributed by atoms with E-state index < -0.39 is 0 Å². The number of aromatic nitrogens is 1. The minimum absolute atomic E-state index is 0.219. The zero-order valence-corrected chi connectivity index (χ0v) is 5.84. The molecular formula is C7H7N3O. The van der Waals surface area contributed by atoms with E-state index in [0.29, 0.717) is 0 Å². The molecule has 0 amide bonds. The van der Waals surface area contributed by atoms with Crippen molar-refractivity contribution in [3.63, 3.8) is 0 Å². The monoisotopic (exact) mass is 149 g/mol. The highest BCUT2D eigenvalue weighted by molar-refractivity contribution is 6.24. The summed E-state index contributed by atoms with van der Waals surface area (Å²) in [6.45, 7) is 0.219. The van der Waals surface area contributed by atoms with Crippen molar-refractivity contribution in [1.29, 1.82) is 0 Å². The van der Waals surface area contributed by atoms with Crippen molar-refractivity contribution < 1.29 is 9.58 Å². The van der Waals surface area contributed by atoms with Crippen molar-refractivity contribution >= 4 is 12.0 Å². The lowest BCUT2D eigenvalue weighted by Crippen LogP contribution is -2.09. The fourth-order valence-electron chi connectivity index (χ4n) is 0.761. The maximum absolute atomic E-state index is 10.8. The molecule has 0 aromatic carbocycles. The van der Waals surface area contributed by atoms with Crippen LogP contribution in [0.15, 0.2) is 24.5 Å². The zero-order chi connectivity index (χ0) is 8.10. The van der Waals surface area contributed by atoms with Crippen molar-refractivity contribution in [2.75, 3.05) is 0 Å². The number of Topliss-reactive ketones (excluding diaryl/α,β-unsaturated/α-hetero) is 1. The predicted molar refractivity (Wildman–Crippen MR) is 39.1 cm³/mol. The Morgan fingerprint density at radius 1 is 1.55 bits per heavy atom. The van der Waals surface area contributed by atoms with Crippen molar-refractivity contribution in [1.82, 2.24) is 4.57 Å². The highest BCUT2D eigenvalue weighted by Crippen LogP contribution is 1.88. The van der Waals surface area contributed by atoms with E-state index in [1.165, 1.54) is 0 Å². The van der Waals surface area contributed by atoms with E-state index in [9.17, 15) is 4.79 Å². The molecule has 0 saturated heterocycles. The third kappa shape index (κ3) is 2.20. The Morgan fingerprint density at radius 2 is 2.18 bits per heavy atom. The van der Waals surface area contributed by atoms with E-state index in [0.717, 1.165) is 6.21 Å². The summed E-state index contributed by atoms with van der Waals surface area (Å²) >= 11 is 0. The summed E-state index contributed by atoms with van der Waals surface area (Å²) in [5.41, 5.74) is 8.00. The first-order valence-electron chi connectivity index (χ1n) is 3.14. The highest BCUT2D eigenvalue weighted by atomic mass is 16.1. The third-order valence-corrected chi connectivity index (χ3v) is 1.21. The fraction of sp³-hybridized carbons (Fsp3) is 0.143. The number of hydrogen-bond acceptors (Lipinski definition) is 1. The van der Waals surface area contributed by atoms with E-state index in [4.69, 9.17) is 5.53 Å². The molecule has 0 bridgehead atoms. The number of carbonyl (C=O) groups excluding carboxylic acids is 1. The first-order valence-corrected chi connectivity index (χ1v) is 3.14. The second-order valence-corrected chi connectivity index (χ2v) is 2.07. The maximum Gasteiger partial charge on any atom is 0.325 e. The number of nitrogens with zero attached hydrogens (tertiary/aromatic N) is 3. The molecule has 0 radical (unpaired) electrons. The number of carbonyl (C=O) groups is 1. The van der Waals surface area contributed by atoms with E-state index in [1.807, 2.05) is 12.1 Å². The number of hydrogen-bond donors (Lipinski definition) is 0. The molecule has 56 valence electrons. The van der Waals surface area contributed by atoms with Crippen LogP contribution in [0, 0.1) is 0 Å². The molecule has 4 heteroatoms. The second kappa shape index (κ2) is 3.49. The zero-order valence-electron chi connectivity index (χ0n) is 5.84. The van der Waals surface area contributed by atoms with Gasteiger partial charge in [0.1, 0.15) is 0 Å². The quantitative estimate of drug-likeness (QED) is 0.347. The van der Waals surface area contributed by atoms with Gasteiger partial charge in [-0.2, -0.15) is 4.79 Å². The molecule has 0 aliphatic carbocycles. The van der Waals surface area contributed by atoms with Crippen molar-refractivity contribution in [2.45, 2.75) is 6.54 Å². The van der Waals surface area contributed by atoms with Gasteiger partial charge in [0, 0.05) is 12.4 Å². The fourth-order valence-corrected chi connectivity index (χ4v) is 0.761. The van der Waals surface area contributed by atoms with Gasteiger partial charge in [0.05, 0.1) is 6.54 Å². The molecule has 0 aliphatic heterocycles. The van der Waals surface area contributed by atoms with Crippen LogP contribution in [-0.2, 0) is 11.3 Å². The van der Waals surface area contributed by atoms with Gasteiger partial charge < -0.3 is 10.1 Å². The van der Waals surface area contributed by atoms with E-state index >= 15 is 0 Å². The molecule has 0 spiro atoms. The van der Waals surface area contributed by atoms with Crippen LogP contribution in [0.4, 0.5) is 0 Å². The van der Waals surface area contributed by atoms with Gasteiger partial charge in [-0.25, -0.2) is 0 Å². The minimum Gasteiger partial charge on any atom is -0.361 e. The second-order valence-electron chi connectivity index (χ2n) is 2.07. The summed E-state index contributed by atoms with van der Waals surface area (Å²) in [5.74, 6) is -0.233. The first-order chi connectivity index (χ1) is 5.33. The van der Waals surface area contributed by atoms with Crippen LogP contribution in [0.1, 0.15) is 0 Å². The summed E-state index contributed by atoms with van der Waals surface area (Å²) in [6.07, 6.45) is 4.42. The Morgan fingerprint density at radius 3 is 2.73 bits per heavy atom. The molecule has 0 atom stereocenters. The van der Waals surface area contributed by atoms with Crippen molar-refractivity contribution in [3.8, 4) is 0 Å². The topological polar surface area (TPSA) is 58.4 Å². The molecule has 1 aromatic heterocycles. The first kappa shape index (κ1) is 7.44. The Balaban J connectivity index is 2.57. The number of ketones is 1. The van der Waals surface area contributed by atoms with E-state index in [1.54, 1.807) is 17.0 Å². The summed E-state index contributed by atoms with van der Waals surface area (Å²) < 4.78 is 1.70. The van der Waals surface area contributed by atoms with Gasteiger partial charge in [-0.3, -0.25) is 4.79 Å². The standard InChI is InChI=1S/C7H7N3O/c8-9-5-7(11)6-10-3-1-2-4-10/h1-5H,6H2. The van der Waals surface area contributed by atoms with E-state index in [-0.39, 0.29) is 12.3 Å². The van der Waals surface area contributed by atoms with Crippen LogP contribution >= 0.6 is 0 Å². The molecule has 4 nitrogen and oxygen atoms in total. The molecular weight excluding hydrogens is 142 g/mol. The lowest BCUT2D eigenvalue weighted by molar-refractivity contribution is -0.116. The molecule has 0 aliphatic rings. The van der Waals surface area contributed by atoms with Crippen LogP contribution in [0.2, 0.25) is 0 Å². The van der Waals surface area contributed by atoms with E-state index in [2.05, 4.69) is 4.79 Å². The molecule has 1 rings (SSSR count). The van der Waals surface area contributed by atoms with Crippen LogP contribution in [0.5, 0.6) is 0 Å². The Kier molecular flexibility index (Phi) is 2.36. The smallest absolute Gasteiger partial charge is 0.325 e. The molecule has 0 unspecified atom stereocenters. The van der Waals surface area contributed by atoms with Gasteiger partial charge in [0.25, 0.3) is 5.78 Å². The molecule has 11 heavy (non-hydrogen) atoms. The largest absolute Gasteiger partial charge is 0.361 e. The Bertz CT molecular complexity index is 283. The molecule has 1 aromatic rings. The van der Waals surface area contributed by atoms with Gasteiger partial charge in [-0.15, -0.1) is 0 Å². The lowest BCUT2D eigenvalue weighted by Gasteiger charge is -1.92. The maximum atomic E-state index is 10.8. The number of rotatable bonds is 3. The average molecular weight is 149 g/mol. The average Bonchev–Trinajstić information content (AvgIpc) is 2.40. The highest BCUT2D eigenvalue weighted by Gasteiger charge is 2.01. The van der Waals surface area contributed by atoms with Crippen molar-refractivity contribution in [2.24, 2.45) is 0 Å². The Hall–Kier alpha value is -1.67. The van der Waals surface area contributed by atoms with Gasteiger partial charge in [-0.05, 0) is 12.1 Å². The van der Waals surface area contributed by atoms with Gasteiger partial charge in [0.15, 0.2) is 0 Å². The molecule has 1 heterocycles. The van der Waals surface area contributed by atoms with Crippen LogP contribution < -0.4 is 0 Å². The predicted octanol–water partition coefficient (Wildman–Crippen LogP) is 0.358. The van der Waals surface area contributed by atoms with Crippen LogP contribution in [0.3, 0.4) is 0 Å². The van der Waals surface area contributed by atoms with Crippen LogP contribution in [0.25, 0.3) is 5.53 Å². The summed E-state index contributed by atoms with van der Waals surface area (Å²) in [6, 6.07) is 3.65. The summed E-state index contributed by atoms with van der Waals surface area (Å²) in [4.78, 5) is 13.4. The normalized spacial score (nSPS) is 8.73. The Labute approximate surface area is 63.7 Å². The van der Waals surface area contributed by atoms with Crippen molar-refractivity contribution in [3.05, 3.63) is 30.1 Å². The van der Waals surface area contributed by atoms with Gasteiger partial charge in [-0.1, -0.05) is 0 Å². The molecule has 0 saturated carbocycles. The summed E-state index contributed by atoms with van der Waals surface area (Å²) in [5, 5.41) is 0. The minimum atomic E-state index is -0.233. The lowest BCUT2D eigenvalue weighted by atomic mass is 10.4. The third-order valence-electron chi connectivity index (χ3n) is 1.21. The van der Waals surface area contributed by atoms with Crippen LogP contribution in [-0.4, -0.2) is 21.4 Å².